The second kappa shape index (κ2) is 3.77. The van der Waals surface area contributed by atoms with Crippen LogP contribution in [0.1, 0.15) is 20.3 Å². The summed E-state index contributed by atoms with van der Waals surface area (Å²) in [5.41, 5.74) is 0. The SMILES string of the molecule is CC(C)NC(=O)N1CC2CCNC2C1. The van der Waals surface area contributed by atoms with Gasteiger partial charge in [0.05, 0.1) is 0 Å². The number of rotatable bonds is 1. The number of likely N-dealkylation sites (tertiary alicyclic amines) is 1. The lowest BCUT2D eigenvalue weighted by atomic mass is 10.1. The molecule has 2 N–H and O–H groups in total. The normalized spacial score (nSPS) is 30.9. The average molecular weight is 197 g/mol. The number of urea groups is 1. The van der Waals surface area contributed by atoms with E-state index in [1.807, 2.05) is 18.7 Å². The van der Waals surface area contributed by atoms with Crippen LogP contribution in [0.2, 0.25) is 0 Å². The highest BCUT2D eigenvalue weighted by Gasteiger charge is 2.37. The first-order chi connectivity index (χ1) is 6.66. The molecule has 4 nitrogen and oxygen atoms in total. The van der Waals surface area contributed by atoms with Gasteiger partial charge in [0.1, 0.15) is 0 Å². The van der Waals surface area contributed by atoms with Gasteiger partial charge in [-0.25, -0.2) is 4.79 Å². The van der Waals surface area contributed by atoms with Crippen molar-refractivity contribution in [2.45, 2.75) is 32.4 Å². The molecular weight excluding hydrogens is 178 g/mol. The summed E-state index contributed by atoms with van der Waals surface area (Å²) in [4.78, 5) is 13.6. The van der Waals surface area contributed by atoms with Gasteiger partial charge in [-0.2, -0.15) is 0 Å². The van der Waals surface area contributed by atoms with E-state index in [0.717, 1.165) is 19.6 Å². The van der Waals surface area contributed by atoms with E-state index in [1.54, 1.807) is 0 Å². The quantitative estimate of drug-likeness (QED) is 0.639. The van der Waals surface area contributed by atoms with Gasteiger partial charge in [0.15, 0.2) is 0 Å². The molecule has 0 aromatic rings. The van der Waals surface area contributed by atoms with Crippen LogP contribution in [-0.2, 0) is 0 Å². The number of nitrogens with one attached hydrogen (secondary N) is 2. The van der Waals surface area contributed by atoms with E-state index < -0.39 is 0 Å². The van der Waals surface area contributed by atoms with Crippen LogP contribution in [-0.4, -0.2) is 42.6 Å². The molecule has 2 rings (SSSR count). The molecule has 0 radical (unpaired) electrons. The minimum absolute atomic E-state index is 0.0937. The van der Waals surface area contributed by atoms with Crippen LogP contribution in [0.5, 0.6) is 0 Å². The summed E-state index contributed by atoms with van der Waals surface area (Å²) in [6, 6.07) is 0.875. The zero-order valence-electron chi connectivity index (χ0n) is 8.92. The summed E-state index contributed by atoms with van der Waals surface area (Å²) in [6.07, 6.45) is 1.22. The predicted octanol–water partition coefficient (Wildman–Crippen LogP) is 0.398. The maximum Gasteiger partial charge on any atom is 0.317 e. The van der Waals surface area contributed by atoms with Gasteiger partial charge in [-0.3, -0.25) is 0 Å². The van der Waals surface area contributed by atoms with Crippen LogP contribution in [0, 0.1) is 5.92 Å². The number of fused-ring (bicyclic) bond motifs is 1. The molecule has 0 bridgehead atoms. The predicted molar refractivity (Wildman–Crippen MR) is 55.1 cm³/mol. The standard InChI is InChI=1S/C10H19N3O/c1-7(2)12-10(14)13-5-8-3-4-11-9(8)6-13/h7-9,11H,3-6H2,1-2H3,(H,12,14). The fourth-order valence-electron chi connectivity index (χ4n) is 2.35. The van der Waals surface area contributed by atoms with Gasteiger partial charge in [0.25, 0.3) is 0 Å². The summed E-state index contributed by atoms with van der Waals surface area (Å²) in [5.74, 6) is 0.688. The number of carbonyl (C=O) groups excluding carboxylic acids is 1. The van der Waals surface area contributed by atoms with Gasteiger partial charge in [-0.1, -0.05) is 0 Å². The molecule has 2 aliphatic rings. The molecule has 0 spiro atoms. The summed E-state index contributed by atoms with van der Waals surface area (Å²) in [6.45, 7) is 6.91. The Kier molecular flexibility index (Phi) is 2.63. The third-order valence-corrected chi connectivity index (χ3v) is 3.06. The third kappa shape index (κ3) is 1.85. The topological polar surface area (TPSA) is 44.4 Å². The first kappa shape index (κ1) is 9.77. The molecule has 0 saturated carbocycles. The van der Waals surface area contributed by atoms with Crippen LogP contribution >= 0.6 is 0 Å². The highest BCUT2D eigenvalue weighted by molar-refractivity contribution is 5.74. The van der Waals surface area contributed by atoms with E-state index >= 15 is 0 Å². The van der Waals surface area contributed by atoms with Crippen LogP contribution in [0.3, 0.4) is 0 Å². The summed E-state index contributed by atoms with van der Waals surface area (Å²) < 4.78 is 0. The maximum atomic E-state index is 11.7. The molecule has 2 fully saturated rings. The van der Waals surface area contributed by atoms with Crippen LogP contribution in [0.15, 0.2) is 0 Å². The lowest BCUT2D eigenvalue weighted by Gasteiger charge is -2.19. The zero-order chi connectivity index (χ0) is 10.1. The largest absolute Gasteiger partial charge is 0.336 e. The van der Waals surface area contributed by atoms with Gasteiger partial charge in [0, 0.05) is 25.2 Å². The van der Waals surface area contributed by atoms with Gasteiger partial charge >= 0.3 is 6.03 Å². The molecule has 80 valence electrons. The minimum Gasteiger partial charge on any atom is -0.336 e. The molecule has 0 aromatic carbocycles. The van der Waals surface area contributed by atoms with E-state index in [-0.39, 0.29) is 12.1 Å². The lowest BCUT2D eigenvalue weighted by molar-refractivity contribution is 0.203. The van der Waals surface area contributed by atoms with Crippen LogP contribution in [0.25, 0.3) is 0 Å². The van der Waals surface area contributed by atoms with Crippen molar-refractivity contribution in [2.75, 3.05) is 19.6 Å². The van der Waals surface area contributed by atoms with Gasteiger partial charge in [0.2, 0.25) is 0 Å². The summed E-state index contributed by atoms with van der Waals surface area (Å²) in [7, 11) is 0. The van der Waals surface area contributed by atoms with Crippen molar-refractivity contribution < 1.29 is 4.79 Å². The molecule has 2 unspecified atom stereocenters. The number of hydrogen-bond donors (Lipinski definition) is 2. The van der Waals surface area contributed by atoms with Crippen molar-refractivity contribution in [3.05, 3.63) is 0 Å². The molecule has 2 amide bonds. The lowest BCUT2D eigenvalue weighted by Crippen LogP contribution is -2.43. The van der Waals surface area contributed by atoms with Gasteiger partial charge in [-0.15, -0.1) is 0 Å². The molecule has 0 aromatic heterocycles. The second-order valence-electron chi connectivity index (χ2n) is 4.62. The smallest absolute Gasteiger partial charge is 0.317 e. The fourth-order valence-corrected chi connectivity index (χ4v) is 2.35. The highest BCUT2D eigenvalue weighted by atomic mass is 16.2. The zero-order valence-corrected chi connectivity index (χ0v) is 8.92. The van der Waals surface area contributed by atoms with E-state index in [0.29, 0.717) is 12.0 Å². The number of carbonyl (C=O) groups is 1. The van der Waals surface area contributed by atoms with Crippen molar-refractivity contribution in [3.63, 3.8) is 0 Å². The van der Waals surface area contributed by atoms with Crippen molar-refractivity contribution in [3.8, 4) is 0 Å². The van der Waals surface area contributed by atoms with Crippen LogP contribution in [0.4, 0.5) is 4.79 Å². The first-order valence-corrected chi connectivity index (χ1v) is 5.45. The summed E-state index contributed by atoms with van der Waals surface area (Å²) in [5, 5.41) is 6.37. The second-order valence-corrected chi connectivity index (χ2v) is 4.62. The van der Waals surface area contributed by atoms with Gasteiger partial charge in [-0.05, 0) is 32.7 Å². The fraction of sp³-hybridized carbons (Fsp3) is 0.900. The molecule has 2 aliphatic heterocycles. The Morgan fingerprint density at radius 2 is 2.29 bits per heavy atom. The Labute approximate surface area is 85.0 Å². The Morgan fingerprint density at radius 1 is 1.50 bits per heavy atom. The molecule has 2 saturated heterocycles. The highest BCUT2D eigenvalue weighted by Crippen LogP contribution is 2.24. The Bertz CT molecular complexity index is 217. The number of amides is 2. The monoisotopic (exact) mass is 197 g/mol. The summed E-state index contributed by atoms with van der Waals surface area (Å²) >= 11 is 0. The van der Waals surface area contributed by atoms with Crippen molar-refractivity contribution in [2.24, 2.45) is 5.92 Å². The van der Waals surface area contributed by atoms with Crippen molar-refractivity contribution in [1.82, 2.24) is 15.5 Å². The Morgan fingerprint density at radius 3 is 2.93 bits per heavy atom. The van der Waals surface area contributed by atoms with E-state index in [2.05, 4.69) is 10.6 Å². The molecule has 0 aliphatic carbocycles. The average Bonchev–Trinajstić information content (AvgIpc) is 2.58. The van der Waals surface area contributed by atoms with Crippen LogP contribution < -0.4 is 10.6 Å². The molecular formula is C10H19N3O. The number of hydrogen-bond acceptors (Lipinski definition) is 2. The third-order valence-electron chi connectivity index (χ3n) is 3.06. The van der Waals surface area contributed by atoms with E-state index in [1.165, 1.54) is 6.42 Å². The molecule has 2 atom stereocenters. The molecule has 14 heavy (non-hydrogen) atoms. The van der Waals surface area contributed by atoms with E-state index in [9.17, 15) is 4.79 Å². The first-order valence-electron chi connectivity index (χ1n) is 5.45. The van der Waals surface area contributed by atoms with E-state index in [4.69, 9.17) is 0 Å². The van der Waals surface area contributed by atoms with Crippen molar-refractivity contribution in [1.29, 1.82) is 0 Å². The number of nitrogens with zero attached hydrogens (tertiary/aromatic N) is 1. The Hall–Kier alpha value is -0.770. The maximum absolute atomic E-state index is 11.7. The Balaban J connectivity index is 1.86. The molecule has 2 heterocycles. The minimum atomic E-state index is 0.0937. The molecule has 4 heteroatoms. The van der Waals surface area contributed by atoms with Crippen molar-refractivity contribution >= 4 is 6.03 Å². The van der Waals surface area contributed by atoms with Gasteiger partial charge < -0.3 is 15.5 Å².